The summed E-state index contributed by atoms with van der Waals surface area (Å²) in [5.74, 6) is -2.01. The van der Waals surface area contributed by atoms with E-state index in [2.05, 4.69) is 10.6 Å². The Morgan fingerprint density at radius 2 is 2.05 bits per heavy atom. The van der Waals surface area contributed by atoms with Crippen LogP contribution >= 0.6 is 0 Å². The fraction of sp³-hybridized carbons (Fsp3) is 0.308. The molecule has 0 spiro atoms. The topological polar surface area (TPSA) is 122 Å². The maximum absolute atomic E-state index is 11.7. The summed E-state index contributed by atoms with van der Waals surface area (Å²) in [6.07, 6.45) is -0.457. The van der Waals surface area contributed by atoms with Gasteiger partial charge in [0.05, 0.1) is 12.5 Å². The van der Waals surface area contributed by atoms with Gasteiger partial charge >= 0.3 is 5.97 Å². The molecule has 7 nitrogen and oxygen atoms in total. The Morgan fingerprint density at radius 3 is 2.65 bits per heavy atom. The summed E-state index contributed by atoms with van der Waals surface area (Å²) in [7, 11) is 0. The number of hydrogen-bond donors (Lipinski definition) is 4. The monoisotopic (exact) mass is 279 g/mol. The normalized spacial score (nSPS) is 11.5. The third-order valence-electron chi connectivity index (χ3n) is 2.46. The molecular weight excluding hydrogens is 262 g/mol. The molecule has 0 aliphatic carbocycles. The van der Waals surface area contributed by atoms with Crippen molar-refractivity contribution in [2.75, 3.05) is 11.9 Å². The first kappa shape index (κ1) is 15.6. The summed E-state index contributed by atoms with van der Waals surface area (Å²) in [5, 5.41) is 13.7. The van der Waals surface area contributed by atoms with Gasteiger partial charge in [-0.2, -0.15) is 0 Å². The Hall–Kier alpha value is -2.41. The highest BCUT2D eigenvalue weighted by Crippen LogP contribution is 2.11. The van der Waals surface area contributed by atoms with Crippen LogP contribution in [0.5, 0.6) is 0 Å². The van der Waals surface area contributed by atoms with E-state index in [0.29, 0.717) is 17.8 Å². The van der Waals surface area contributed by atoms with Crippen LogP contribution in [0.4, 0.5) is 5.69 Å². The first-order valence-corrected chi connectivity index (χ1v) is 6.10. The average molecular weight is 279 g/mol. The highest BCUT2D eigenvalue weighted by atomic mass is 16.4. The zero-order valence-electron chi connectivity index (χ0n) is 11.1. The molecule has 2 amide bonds. The molecule has 20 heavy (non-hydrogen) atoms. The first-order valence-electron chi connectivity index (χ1n) is 6.10. The number of nitrogens with one attached hydrogen (secondary N) is 2. The van der Waals surface area contributed by atoms with Gasteiger partial charge in [-0.25, -0.2) is 0 Å². The summed E-state index contributed by atoms with van der Waals surface area (Å²) in [4.78, 5) is 33.8. The van der Waals surface area contributed by atoms with Crippen LogP contribution in [0.1, 0.15) is 23.7 Å². The van der Waals surface area contributed by atoms with E-state index in [1.165, 1.54) is 6.07 Å². The van der Waals surface area contributed by atoms with Gasteiger partial charge in [-0.3, -0.25) is 14.4 Å². The second kappa shape index (κ2) is 7.25. The number of carboxylic acids is 1. The molecule has 0 saturated carbocycles. The van der Waals surface area contributed by atoms with Gasteiger partial charge in [-0.1, -0.05) is 6.07 Å². The predicted molar refractivity (Wildman–Crippen MR) is 73.3 cm³/mol. The summed E-state index contributed by atoms with van der Waals surface area (Å²) in [5.41, 5.74) is 6.23. The van der Waals surface area contributed by atoms with Crippen LogP contribution in [0.25, 0.3) is 0 Å². The second-order valence-electron chi connectivity index (χ2n) is 4.13. The number of rotatable bonds is 6. The molecule has 0 fully saturated rings. The van der Waals surface area contributed by atoms with Gasteiger partial charge < -0.3 is 21.5 Å². The van der Waals surface area contributed by atoms with Crippen LogP contribution in [-0.2, 0) is 9.59 Å². The number of hydrogen-bond acceptors (Lipinski definition) is 4. The van der Waals surface area contributed by atoms with Gasteiger partial charge in [0.2, 0.25) is 5.91 Å². The van der Waals surface area contributed by atoms with Gasteiger partial charge in [0, 0.05) is 17.8 Å². The molecular formula is C13H17N3O4. The lowest BCUT2D eigenvalue weighted by molar-refractivity contribution is -0.138. The Kier molecular flexibility index (Phi) is 5.67. The summed E-state index contributed by atoms with van der Waals surface area (Å²) in [6, 6.07) is 5.17. The Balaban J connectivity index is 2.73. The van der Waals surface area contributed by atoms with Crippen molar-refractivity contribution < 1.29 is 19.5 Å². The van der Waals surface area contributed by atoms with Crippen molar-refractivity contribution in [2.45, 2.75) is 19.4 Å². The zero-order chi connectivity index (χ0) is 15.1. The molecule has 108 valence electrons. The molecule has 0 aromatic heterocycles. The third-order valence-corrected chi connectivity index (χ3v) is 2.46. The zero-order valence-corrected chi connectivity index (χ0v) is 11.1. The maximum Gasteiger partial charge on any atom is 0.305 e. The minimum Gasteiger partial charge on any atom is -0.481 e. The largest absolute Gasteiger partial charge is 0.481 e. The van der Waals surface area contributed by atoms with Crippen LogP contribution < -0.4 is 16.4 Å². The van der Waals surface area contributed by atoms with Crippen LogP contribution in [-0.4, -0.2) is 35.5 Å². The summed E-state index contributed by atoms with van der Waals surface area (Å²) < 4.78 is 0. The average Bonchev–Trinajstić information content (AvgIpc) is 2.38. The number of amides is 2. The fourth-order valence-electron chi connectivity index (χ4n) is 1.52. The van der Waals surface area contributed by atoms with E-state index >= 15 is 0 Å². The van der Waals surface area contributed by atoms with E-state index in [4.69, 9.17) is 10.8 Å². The van der Waals surface area contributed by atoms with Crippen molar-refractivity contribution in [1.82, 2.24) is 5.32 Å². The smallest absolute Gasteiger partial charge is 0.305 e. The minimum absolute atomic E-state index is 0.251. The van der Waals surface area contributed by atoms with E-state index in [1.807, 2.05) is 0 Å². The van der Waals surface area contributed by atoms with Crippen LogP contribution in [0.3, 0.4) is 0 Å². The molecule has 0 aliphatic rings. The van der Waals surface area contributed by atoms with Crippen molar-refractivity contribution in [1.29, 1.82) is 0 Å². The lowest BCUT2D eigenvalue weighted by Gasteiger charge is -2.11. The van der Waals surface area contributed by atoms with Crippen molar-refractivity contribution >= 4 is 23.5 Å². The Labute approximate surface area is 116 Å². The van der Waals surface area contributed by atoms with E-state index in [0.717, 1.165) is 0 Å². The van der Waals surface area contributed by atoms with E-state index in [1.54, 1.807) is 25.1 Å². The summed E-state index contributed by atoms with van der Waals surface area (Å²) >= 11 is 0. The molecule has 1 aromatic carbocycles. The molecule has 0 bridgehead atoms. The third kappa shape index (κ3) is 4.69. The van der Waals surface area contributed by atoms with E-state index in [9.17, 15) is 14.4 Å². The van der Waals surface area contributed by atoms with Gasteiger partial charge in [-0.05, 0) is 25.1 Å². The molecule has 1 rings (SSSR count). The summed E-state index contributed by atoms with van der Waals surface area (Å²) in [6.45, 7) is 2.30. The number of anilines is 1. The molecule has 1 atom stereocenters. The number of carbonyl (C=O) groups is 3. The van der Waals surface area contributed by atoms with Crippen molar-refractivity contribution in [3.05, 3.63) is 29.8 Å². The van der Waals surface area contributed by atoms with Crippen molar-refractivity contribution in [2.24, 2.45) is 5.73 Å². The molecule has 0 aliphatic heterocycles. The van der Waals surface area contributed by atoms with Gasteiger partial charge in [0.15, 0.2) is 0 Å². The van der Waals surface area contributed by atoms with Gasteiger partial charge in [-0.15, -0.1) is 0 Å². The van der Waals surface area contributed by atoms with Crippen LogP contribution in [0, 0.1) is 0 Å². The minimum atomic E-state index is -1.15. The highest BCUT2D eigenvalue weighted by molar-refractivity contribution is 5.99. The number of nitrogens with two attached hydrogens (primary N) is 1. The number of aliphatic carboxylic acids is 1. The SMILES string of the molecule is CCNC(=O)c1cccc(NC(=O)C(N)CC(=O)O)c1. The molecule has 0 saturated heterocycles. The predicted octanol–water partition coefficient (Wildman–Crippen LogP) is 0.177. The van der Waals surface area contributed by atoms with Crippen molar-refractivity contribution in [3.8, 4) is 0 Å². The van der Waals surface area contributed by atoms with E-state index < -0.39 is 24.3 Å². The maximum atomic E-state index is 11.7. The first-order chi connectivity index (χ1) is 9.43. The van der Waals surface area contributed by atoms with E-state index in [-0.39, 0.29) is 5.91 Å². The Bertz CT molecular complexity index is 516. The number of carbonyl (C=O) groups excluding carboxylic acids is 2. The number of carboxylic acid groups (broad SMARTS) is 1. The van der Waals surface area contributed by atoms with Crippen LogP contribution in [0.2, 0.25) is 0 Å². The Morgan fingerprint density at radius 1 is 1.35 bits per heavy atom. The molecule has 0 heterocycles. The van der Waals surface area contributed by atoms with Gasteiger partial charge in [0.1, 0.15) is 0 Å². The van der Waals surface area contributed by atoms with Crippen molar-refractivity contribution in [3.63, 3.8) is 0 Å². The highest BCUT2D eigenvalue weighted by Gasteiger charge is 2.17. The molecule has 1 unspecified atom stereocenters. The molecule has 1 aromatic rings. The van der Waals surface area contributed by atoms with Gasteiger partial charge in [0.25, 0.3) is 5.91 Å². The van der Waals surface area contributed by atoms with Crippen LogP contribution in [0.15, 0.2) is 24.3 Å². The fourth-order valence-corrected chi connectivity index (χ4v) is 1.52. The molecule has 7 heteroatoms. The standard InChI is InChI=1S/C13H17N3O4/c1-2-15-12(19)8-4-3-5-9(6-8)16-13(20)10(14)7-11(17)18/h3-6,10H,2,7,14H2,1H3,(H,15,19)(H,16,20)(H,17,18). The lowest BCUT2D eigenvalue weighted by atomic mass is 10.1. The molecule has 5 N–H and O–H groups in total. The number of benzene rings is 1. The quantitative estimate of drug-likeness (QED) is 0.591. The second-order valence-corrected chi connectivity index (χ2v) is 4.13. The molecule has 0 radical (unpaired) electrons. The lowest BCUT2D eigenvalue weighted by Crippen LogP contribution is -2.37.